The van der Waals surface area contributed by atoms with Crippen molar-refractivity contribution in [2.45, 2.75) is 6.92 Å². The first kappa shape index (κ1) is 19.2. The average Bonchev–Trinajstić information content (AvgIpc) is 2.67. The summed E-state index contributed by atoms with van der Waals surface area (Å²) in [5.41, 5.74) is 4.69. The van der Waals surface area contributed by atoms with E-state index in [1.54, 1.807) is 0 Å². The number of non-ortho nitro benzene ring substituents is 1. The molecule has 3 aromatic rings. The van der Waals surface area contributed by atoms with Crippen molar-refractivity contribution in [1.82, 2.24) is 10.4 Å². The molecule has 0 radical (unpaired) electrons. The topological polar surface area (TPSA) is 107 Å². The van der Waals surface area contributed by atoms with Crippen LogP contribution in [0.4, 0.5) is 5.69 Å². The van der Waals surface area contributed by atoms with Crippen molar-refractivity contribution in [3.8, 4) is 5.75 Å². The minimum absolute atomic E-state index is 0.0579. The summed E-state index contributed by atoms with van der Waals surface area (Å²) in [5.74, 6) is -0.156. The molecule has 0 bridgehead atoms. The molecule has 0 unspecified atom stereocenters. The van der Waals surface area contributed by atoms with Crippen LogP contribution in [0.2, 0.25) is 5.15 Å². The molecule has 0 aliphatic rings. The summed E-state index contributed by atoms with van der Waals surface area (Å²) in [6.45, 7) is 1.68. The van der Waals surface area contributed by atoms with Crippen molar-refractivity contribution in [3.05, 3.63) is 74.9 Å². The van der Waals surface area contributed by atoms with Crippen molar-refractivity contribution in [2.75, 3.05) is 6.61 Å². The maximum Gasteiger partial charge on any atom is 0.277 e. The highest BCUT2D eigenvalue weighted by atomic mass is 35.5. The van der Waals surface area contributed by atoms with Gasteiger partial charge in [0.15, 0.2) is 6.61 Å². The number of nitro groups is 1. The van der Waals surface area contributed by atoms with Crippen molar-refractivity contribution in [1.29, 1.82) is 0 Å². The number of pyridine rings is 1. The number of hydrogen-bond acceptors (Lipinski definition) is 6. The number of carbonyl (C=O) groups is 1. The first-order valence-electron chi connectivity index (χ1n) is 8.18. The fourth-order valence-corrected chi connectivity index (χ4v) is 2.57. The molecule has 1 heterocycles. The maximum atomic E-state index is 11.8. The number of rotatable bonds is 6. The van der Waals surface area contributed by atoms with Gasteiger partial charge in [-0.1, -0.05) is 23.7 Å². The summed E-state index contributed by atoms with van der Waals surface area (Å²) in [7, 11) is 0. The van der Waals surface area contributed by atoms with Gasteiger partial charge in [-0.2, -0.15) is 5.10 Å². The van der Waals surface area contributed by atoms with Crippen LogP contribution >= 0.6 is 11.6 Å². The second-order valence-electron chi connectivity index (χ2n) is 5.90. The Morgan fingerprint density at radius 3 is 2.75 bits per heavy atom. The lowest BCUT2D eigenvalue weighted by molar-refractivity contribution is -0.384. The van der Waals surface area contributed by atoms with E-state index >= 15 is 0 Å². The fourth-order valence-electron chi connectivity index (χ4n) is 2.38. The number of aryl methyl sites for hydroxylation is 1. The Balaban J connectivity index is 1.57. The Morgan fingerprint density at radius 2 is 2.04 bits per heavy atom. The van der Waals surface area contributed by atoms with Gasteiger partial charge in [-0.15, -0.1) is 0 Å². The highest BCUT2D eigenvalue weighted by Crippen LogP contribution is 2.20. The normalized spacial score (nSPS) is 10.9. The summed E-state index contributed by atoms with van der Waals surface area (Å²) in [6.07, 6.45) is 1.40. The smallest absolute Gasteiger partial charge is 0.277 e. The molecule has 0 aliphatic carbocycles. The van der Waals surface area contributed by atoms with Crippen molar-refractivity contribution in [3.63, 3.8) is 0 Å². The molecule has 0 spiro atoms. The predicted octanol–water partition coefficient (Wildman–Crippen LogP) is 3.63. The van der Waals surface area contributed by atoms with Crippen molar-refractivity contribution < 1.29 is 14.5 Å². The Bertz CT molecular complexity index is 1070. The standard InChI is InChI=1S/C19H15ClN4O4/c1-12-2-3-13-9-14(19(20)22-17(13)8-12)10-21-23-18(25)11-28-16-6-4-15(5-7-16)24(26)27/h2-10H,11H2,1H3,(H,23,25). The third-order valence-corrected chi connectivity index (χ3v) is 4.07. The van der Waals surface area contributed by atoms with Crippen LogP contribution in [0.3, 0.4) is 0 Å². The number of fused-ring (bicyclic) bond motifs is 1. The number of nitrogens with zero attached hydrogens (tertiary/aromatic N) is 3. The zero-order valence-electron chi connectivity index (χ0n) is 14.8. The van der Waals surface area contributed by atoms with Gasteiger partial charge in [-0.3, -0.25) is 14.9 Å². The summed E-state index contributed by atoms with van der Waals surface area (Å²) in [4.78, 5) is 26.2. The Hall–Kier alpha value is -3.52. The van der Waals surface area contributed by atoms with Crippen molar-refractivity contribution >= 4 is 40.3 Å². The first-order chi connectivity index (χ1) is 13.4. The molecule has 0 saturated heterocycles. The van der Waals surface area contributed by atoms with Crippen LogP contribution in [-0.2, 0) is 4.79 Å². The average molecular weight is 399 g/mol. The van der Waals surface area contributed by atoms with Gasteiger partial charge in [0.25, 0.3) is 11.6 Å². The van der Waals surface area contributed by atoms with Crippen LogP contribution in [0, 0.1) is 17.0 Å². The largest absolute Gasteiger partial charge is 0.484 e. The van der Waals surface area contributed by atoms with Gasteiger partial charge in [-0.05, 0) is 36.8 Å². The number of ether oxygens (including phenoxy) is 1. The van der Waals surface area contributed by atoms with Crippen LogP contribution in [-0.4, -0.2) is 28.6 Å². The van der Waals surface area contributed by atoms with Gasteiger partial charge in [0.2, 0.25) is 0 Å². The summed E-state index contributed by atoms with van der Waals surface area (Å²) in [5, 5.41) is 15.6. The number of nitrogens with one attached hydrogen (secondary N) is 1. The number of hydrogen-bond donors (Lipinski definition) is 1. The quantitative estimate of drug-likeness (QED) is 0.295. The van der Waals surface area contributed by atoms with Crippen LogP contribution in [0.1, 0.15) is 11.1 Å². The molecule has 8 nitrogen and oxygen atoms in total. The highest BCUT2D eigenvalue weighted by Gasteiger charge is 2.07. The molecule has 0 fully saturated rings. The van der Waals surface area contributed by atoms with Gasteiger partial charge >= 0.3 is 0 Å². The molecular formula is C19H15ClN4O4. The molecule has 9 heteroatoms. The minimum Gasteiger partial charge on any atom is -0.484 e. The Labute approximate surface area is 164 Å². The van der Waals surface area contributed by atoms with E-state index in [1.165, 1.54) is 30.5 Å². The zero-order chi connectivity index (χ0) is 20.1. The molecule has 1 aromatic heterocycles. The van der Waals surface area contributed by atoms with Crippen molar-refractivity contribution in [2.24, 2.45) is 5.10 Å². The van der Waals surface area contributed by atoms with E-state index in [2.05, 4.69) is 15.5 Å². The SMILES string of the molecule is Cc1ccc2cc(C=NNC(=O)COc3ccc([N+](=O)[O-])cc3)c(Cl)nc2c1. The molecule has 1 amide bonds. The minimum atomic E-state index is -0.515. The van der Waals surface area contributed by atoms with E-state index in [0.29, 0.717) is 11.3 Å². The van der Waals surface area contributed by atoms with E-state index in [-0.39, 0.29) is 17.4 Å². The zero-order valence-corrected chi connectivity index (χ0v) is 15.5. The van der Waals surface area contributed by atoms with Crippen LogP contribution in [0.5, 0.6) is 5.75 Å². The molecular weight excluding hydrogens is 384 g/mol. The van der Waals surface area contributed by atoms with Crippen LogP contribution < -0.4 is 10.2 Å². The van der Waals surface area contributed by atoms with Gasteiger partial charge in [-0.25, -0.2) is 10.4 Å². The summed E-state index contributed by atoms with van der Waals surface area (Å²) in [6, 6.07) is 13.1. The van der Waals surface area contributed by atoms with E-state index in [1.807, 2.05) is 31.2 Å². The molecule has 142 valence electrons. The van der Waals surface area contributed by atoms with Gasteiger partial charge in [0.1, 0.15) is 10.9 Å². The third kappa shape index (κ3) is 4.80. The Kier molecular flexibility index (Phi) is 5.81. The van der Waals surface area contributed by atoms with E-state index in [9.17, 15) is 14.9 Å². The molecule has 0 saturated carbocycles. The number of halogens is 1. The Morgan fingerprint density at radius 1 is 1.29 bits per heavy atom. The summed E-state index contributed by atoms with van der Waals surface area (Å²) < 4.78 is 5.25. The lowest BCUT2D eigenvalue weighted by Gasteiger charge is -2.05. The second-order valence-corrected chi connectivity index (χ2v) is 6.26. The van der Waals surface area contributed by atoms with Gasteiger partial charge in [0.05, 0.1) is 16.7 Å². The van der Waals surface area contributed by atoms with Crippen LogP contribution in [0.15, 0.2) is 53.6 Å². The molecule has 3 rings (SSSR count). The molecule has 2 aromatic carbocycles. The lowest BCUT2D eigenvalue weighted by atomic mass is 10.1. The second kappa shape index (κ2) is 8.45. The highest BCUT2D eigenvalue weighted by molar-refractivity contribution is 6.32. The molecule has 0 atom stereocenters. The molecule has 28 heavy (non-hydrogen) atoms. The fraction of sp³-hybridized carbons (Fsp3) is 0.105. The van der Waals surface area contributed by atoms with E-state index in [4.69, 9.17) is 16.3 Å². The number of hydrazone groups is 1. The first-order valence-corrected chi connectivity index (χ1v) is 8.56. The van der Waals surface area contributed by atoms with E-state index < -0.39 is 10.8 Å². The van der Waals surface area contributed by atoms with Gasteiger partial charge in [0, 0.05) is 23.1 Å². The lowest BCUT2D eigenvalue weighted by Crippen LogP contribution is -2.24. The van der Waals surface area contributed by atoms with Crippen LogP contribution in [0.25, 0.3) is 10.9 Å². The number of carbonyl (C=O) groups excluding carboxylic acids is 1. The predicted molar refractivity (Wildman–Crippen MR) is 106 cm³/mol. The molecule has 1 N–H and O–H groups in total. The van der Waals surface area contributed by atoms with Gasteiger partial charge < -0.3 is 4.74 Å². The summed E-state index contributed by atoms with van der Waals surface area (Å²) >= 11 is 6.16. The molecule has 0 aliphatic heterocycles. The number of amides is 1. The number of benzene rings is 2. The number of aromatic nitrogens is 1. The maximum absolute atomic E-state index is 11.8. The number of nitro benzene ring substituents is 1. The monoisotopic (exact) mass is 398 g/mol. The van der Waals surface area contributed by atoms with E-state index in [0.717, 1.165) is 16.5 Å². The third-order valence-electron chi connectivity index (χ3n) is 3.76.